The van der Waals surface area contributed by atoms with E-state index in [1.165, 1.54) is 22.4 Å². The van der Waals surface area contributed by atoms with Crippen molar-refractivity contribution in [1.29, 1.82) is 0 Å². The Balaban J connectivity index is 2.15. The fraction of sp³-hybridized carbons (Fsp3) is 0.333. The predicted octanol–water partition coefficient (Wildman–Crippen LogP) is 4.98. The maximum Gasteiger partial charge on any atom is 0.0403 e. The standard InChI is InChI=1S/C18H23N/c1-4-15-9-5-6-10-16(15)13-19-18-12-8-7-11-17(18)14(2)3/h5-12,14,19H,4,13H2,1-3H3. The molecule has 2 rings (SSSR count). The van der Waals surface area contributed by atoms with Crippen molar-refractivity contribution >= 4 is 5.69 Å². The molecule has 0 bridgehead atoms. The van der Waals surface area contributed by atoms with Crippen LogP contribution in [-0.2, 0) is 13.0 Å². The summed E-state index contributed by atoms with van der Waals surface area (Å²) in [5.41, 5.74) is 5.46. The third-order valence-corrected chi connectivity index (χ3v) is 3.55. The molecule has 100 valence electrons. The molecule has 0 radical (unpaired) electrons. The van der Waals surface area contributed by atoms with Crippen LogP contribution in [0.25, 0.3) is 0 Å². The smallest absolute Gasteiger partial charge is 0.0403 e. The summed E-state index contributed by atoms with van der Waals surface area (Å²) in [6, 6.07) is 17.2. The molecule has 0 heterocycles. The van der Waals surface area contributed by atoms with E-state index in [1.54, 1.807) is 0 Å². The number of aryl methyl sites for hydroxylation is 1. The van der Waals surface area contributed by atoms with Crippen molar-refractivity contribution in [2.24, 2.45) is 0 Å². The van der Waals surface area contributed by atoms with Crippen LogP contribution in [0.4, 0.5) is 5.69 Å². The normalized spacial score (nSPS) is 10.7. The summed E-state index contributed by atoms with van der Waals surface area (Å²) in [5.74, 6) is 0.546. The number of hydrogen-bond acceptors (Lipinski definition) is 1. The minimum absolute atomic E-state index is 0.546. The van der Waals surface area contributed by atoms with Gasteiger partial charge in [-0.1, -0.05) is 63.2 Å². The van der Waals surface area contributed by atoms with Gasteiger partial charge in [-0.25, -0.2) is 0 Å². The van der Waals surface area contributed by atoms with E-state index in [0.717, 1.165) is 13.0 Å². The number of anilines is 1. The summed E-state index contributed by atoms with van der Waals surface area (Å²) in [4.78, 5) is 0. The monoisotopic (exact) mass is 253 g/mol. The Hall–Kier alpha value is -1.76. The Bertz CT molecular complexity index is 529. The van der Waals surface area contributed by atoms with Gasteiger partial charge in [0.15, 0.2) is 0 Å². The van der Waals surface area contributed by atoms with Crippen molar-refractivity contribution in [2.75, 3.05) is 5.32 Å². The van der Waals surface area contributed by atoms with Gasteiger partial charge in [0, 0.05) is 12.2 Å². The lowest BCUT2D eigenvalue weighted by Crippen LogP contribution is -2.05. The van der Waals surface area contributed by atoms with Crippen molar-refractivity contribution < 1.29 is 0 Å². The average Bonchev–Trinajstić information content (AvgIpc) is 2.45. The molecule has 0 spiro atoms. The molecule has 1 nitrogen and oxygen atoms in total. The lowest BCUT2D eigenvalue weighted by atomic mass is 10.0. The van der Waals surface area contributed by atoms with Crippen LogP contribution in [0.2, 0.25) is 0 Å². The summed E-state index contributed by atoms with van der Waals surface area (Å²) >= 11 is 0. The first-order valence-corrected chi connectivity index (χ1v) is 7.12. The number of para-hydroxylation sites is 1. The Morgan fingerprint density at radius 1 is 0.895 bits per heavy atom. The third kappa shape index (κ3) is 3.37. The van der Waals surface area contributed by atoms with Gasteiger partial charge in [-0.3, -0.25) is 0 Å². The molecule has 2 aromatic carbocycles. The lowest BCUT2D eigenvalue weighted by Gasteiger charge is -2.15. The second-order valence-electron chi connectivity index (χ2n) is 5.22. The summed E-state index contributed by atoms with van der Waals surface area (Å²) in [5, 5.41) is 3.59. The zero-order chi connectivity index (χ0) is 13.7. The van der Waals surface area contributed by atoms with Gasteiger partial charge in [-0.2, -0.15) is 0 Å². The van der Waals surface area contributed by atoms with Crippen LogP contribution in [-0.4, -0.2) is 0 Å². The SMILES string of the molecule is CCc1ccccc1CNc1ccccc1C(C)C. The summed E-state index contributed by atoms with van der Waals surface area (Å²) in [6.07, 6.45) is 1.09. The number of benzene rings is 2. The Kier molecular flexibility index (Phi) is 4.62. The van der Waals surface area contributed by atoms with Gasteiger partial charge in [-0.05, 0) is 35.1 Å². The molecule has 1 heteroatoms. The molecule has 0 atom stereocenters. The number of hydrogen-bond donors (Lipinski definition) is 1. The first-order chi connectivity index (χ1) is 9.22. The highest BCUT2D eigenvalue weighted by Crippen LogP contribution is 2.24. The van der Waals surface area contributed by atoms with Crippen LogP contribution >= 0.6 is 0 Å². The molecule has 0 saturated carbocycles. The third-order valence-electron chi connectivity index (χ3n) is 3.55. The summed E-state index contributed by atoms with van der Waals surface area (Å²) in [6.45, 7) is 7.58. The fourth-order valence-electron chi connectivity index (χ4n) is 2.43. The van der Waals surface area contributed by atoms with Crippen LogP contribution in [0, 0.1) is 0 Å². The van der Waals surface area contributed by atoms with Gasteiger partial charge in [-0.15, -0.1) is 0 Å². The first-order valence-electron chi connectivity index (χ1n) is 7.12. The van der Waals surface area contributed by atoms with Gasteiger partial charge < -0.3 is 5.32 Å². The maximum absolute atomic E-state index is 3.59. The van der Waals surface area contributed by atoms with Crippen molar-refractivity contribution in [3.63, 3.8) is 0 Å². The summed E-state index contributed by atoms with van der Waals surface area (Å²) in [7, 11) is 0. The molecular weight excluding hydrogens is 230 g/mol. The Morgan fingerprint density at radius 3 is 2.21 bits per heavy atom. The second-order valence-corrected chi connectivity index (χ2v) is 5.22. The molecule has 1 N–H and O–H groups in total. The van der Waals surface area contributed by atoms with E-state index in [-0.39, 0.29) is 0 Å². The van der Waals surface area contributed by atoms with Crippen LogP contribution in [0.5, 0.6) is 0 Å². The first kappa shape index (κ1) is 13.7. The van der Waals surface area contributed by atoms with E-state index < -0.39 is 0 Å². The molecule has 0 aliphatic rings. The lowest BCUT2D eigenvalue weighted by molar-refractivity contribution is 0.865. The highest BCUT2D eigenvalue weighted by atomic mass is 14.9. The van der Waals surface area contributed by atoms with Gasteiger partial charge >= 0.3 is 0 Å². The average molecular weight is 253 g/mol. The molecule has 0 fully saturated rings. The topological polar surface area (TPSA) is 12.0 Å². The molecule has 0 aliphatic carbocycles. The zero-order valence-electron chi connectivity index (χ0n) is 12.1. The molecule has 0 amide bonds. The largest absolute Gasteiger partial charge is 0.381 e. The number of nitrogens with one attached hydrogen (secondary N) is 1. The zero-order valence-corrected chi connectivity index (χ0v) is 12.1. The van der Waals surface area contributed by atoms with Crippen LogP contribution in [0.3, 0.4) is 0 Å². The van der Waals surface area contributed by atoms with E-state index in [1.807, 2.05) is 0 Å². The quantitative estimate of drug-likeness (QED) is 0.792. The van der Waals surface area contributed by atoms with Gasteiger partial charge in [0.05, 0.1) is 0 Å². The van der Waals surface area contributed by atoms with Crippen LogP contribution in [0.15, 0.2) is 48.5 Å². The van der Waals surface area contributed by atoms with Gasteiger partial charge in [0.25, 0.3) is 0 Å². The minimum Gasteiger partial charge on any atom is -0.381 e. The number of rotatable bonds is 5. The van der Waals surface area contributed by atoms with Gasteiger partial charge in [0.1, 0.15) is 0 Å². The molecular formula is C18H23N. The summed E-state index contributed by atoms with van der Waals surface area (Å²) < 4.78 is 0. The van der Waals surface area contributed by atoms with Crippen molar-refractivity contribution in [1.82, 2.24) is 0 Å². The van der Waals surface area contributed by atoms with Crippen molar-refractivity contribution in [2.45, 2.75) is 39.7 Å². The predicted molar refractivity (Wildman–Crippen MR) is 83.7 cm³/mol. The van der Waals surface area contributed by atoms with Crippen LogP contribution < -0.4 is 5.32 Å². The Labute approximate surface area is 116 Å². The van der Waals surface area contributed by atoms with E-state index in [4.69, 9.17) is 0 Å². The fourth-order valence-corrected chi connectivity index (χ4v) is 2.43. The molecule has 0 unspecified atom stereocenters. The maximum atomic E-state index is 3.59. The highest BCUT2D eigenvalue weighted by molar-refractivity contribution is 5.53. The molecule has 19 heavy (non-hydrogen) atoms. The van der Waals surface area contributed by atoms with E-state index in [2.05, 4.69) is 74.6 Å². The van der Waals surface area contributed by atoms with E-state index in [9.17, 15) is 0 Å². The molecule has 0 aliphatic heterocycles. The Morgan fingerprint density at radius 2 is 1.53 bits per heavy atom. The van der Waals surface area contributed by atoms with Crippen molar-refractivity contribution in [3.05, 3.63) is 65.2 Å². The van der Waals surface area contributed by atoms with Crippen LogP contribution in [0.1, 0.15) is 43.4 Å². The second kappa shape index (κ2) is 6.42. The minimum atomic E-state index is 0.546. The molecule has 0 saturated heterocycles. The van der Waals surface area contributed by atoms with E-state index in [0.29, 0.717) is 5.92 Å². The van der Waals surface area contributed by atoms with Crippen molar-refractivity contribution in [3.8, 4) is 0 Å². The molecule has 2 aromatic rings. The van der Waals surface area contributed by atoms with Gasteiger partial charge in [0.2, 0.25) is 0 Å². The molecule has 0 aromatic heterocycles. The highest BCUT2D eigenvalue weighted by Gasteiger charge is 2.06. The van der Waals surface area contributed by atoms with E-state index >= 15 is 0 Å².